The normalized spacial score (nSPS) is 26.6. The summed E-state index contributed by atoms with van der Waals surface area (Å²) in [6.07, 6.45) is 6.96. The topological polar surface area (TPSA) is 50.3 Å². The highest BCUT2D eigenvalue weighted by Gasteiger charge is 2.48. The second kappa shape index (κ2) is 4.46. The molecule has 0 bridgehead atoms. The van der Waals surface area contributed by atoms with Crippen LogP contribution in [0, 0.1) is 15.4 Å². The van der Waals surface area contributed by atoms with Crippen LogP contribution >= 0.6 is 22.6 Å². The van der Waals surface area contributed by atoms with Gasteiger partial charge in [0.25, 0.3) is 0 Å². The molecule has 2 aliphatic rings. The van der Waals surface area contributed by atoms with Gasteiger partial charge >= 0.3 is 0 Å². The van der Waals surface area contributed by atoms with E-state index in [1.807, 2.05) is 18.2 Å². The quantitative estimate of drug-likeness (QED) is 0.441. The van der Waals surface area contributed by atoms with Crippen molar-refractivity contribution in [2.75, 3.05) is 4.90 Å². The number of carbonyl (C=O) groups excluding carboxylic acids is 2. The molecule has 3 rings (SSSR count). The van der Waals surface area contributed by atoms with Crippen LogP contribution in [0.15, 0.2) is 30.5 Å². The van der Waals surface area contributed by atoms with E-state index >= 15 is 0 Å². The lowest BCUT2D eigenvalue weighted by molar-refractivity contribution is -0.122. The van der Waals surface area contributed by atoms with E-state index in [1.54, 1.807) is 12.3 Å². The number of rotatable bonds is 1. The van der Waals surface area contributed by atoms with Crippen molar-refractivity contribution in [3.8, 4) is 0 Å². The Hall–Kier alpha value is -1.24. The van der Waals surface area contributed by atoms with Crippen LogP contribution in [0.1, 0.15) is 12.8 Å². The van der Waals surface area contributed by atoms with Gasteiger partial charge in [-0.3, -0.25) is 9.59 Å². The number of fused-ring (bicyclic) bond motifs is 1. The molecule has 1 saturated heterocycles. The molecule has 1 fully saturated rings. The van der Waals surface area contributed by atoms with Gasteiger partial charge in [0, 0.05) is 9.77 Å². The van der Waals surface area contributed by atoms with E-state index in [0.29, 0.717) is 18.7 Å². The zero-order valence-electron chi connectivity index (χ0n) is 9.54. The molecular formula is C13H11IN2O2. The number of hydrogen-bond acceptors (Lipinski definition) is 3. The summed E-state index contributed by atoms with van der Waals surface area (Å²) in [7, 11) is 0. The molecule has 5 heteroatoms. The second-order valence-corrected chi connectivity index (χ2v) is 5.75. The average molecular weight is 354 g/mol. The van der Waals surface area contributed by atoms with Gasteiger partial charge in [-0.05, 0) is 47.6 Å². The molecule has 0 N–H and O–H groups in total. The number of pyridine rings is 1. The van der Waals surface area contributed by atoms with E-state index in [4.69, 9.17) is 0 Å². The number of imide groups is 1. The molecule has 4 nitrogen and oxygen atoms in total. The molecule has 0 saturated carbocycles. The maximum Gasteiger partial charge on any atom is 0.239 e. The van der Waals surface area contributed by atoms with Crippen molar-refractivity contribution < 1.29 is 9.59 Å². The first-order valence-electron chi connectivity index (χ1n) is 5.83. The fourth-order valence-corrected chi connectivity index (χ4v) is 2.85. The van der Waals surface area contributed by atoms with Gasteiger partial charge in [-0.15, -0.1) is 0 Å². The molecule has 0 aromatic carbocycles. The largest absolute Gasteiger partial charge is 0.274 e. The first-order valence-corrected chi connectivity index (χ1v) is 6.90. The maximum absolute atomic E-state index is 12.3. The fraction of sp³-hybridized carbons (Fsp3) is 0.308. The first kappa shape index (κ1) is 11.8. The zero-order chi connectivity index (χ0) is 12.7. The standard InChI is InChI=1S/C13H11IN2O2/c14-8-5-6-11(15-7-8)16-12(17)9-3-1-2-4-10(9)13(16)18/h1-2,5-7,9-10H,3-4H2. The summed E-state index contributed by atoms with van der Waals surface area (Å²) < 4.78 is 0.981. The van der Waals surface area contributed by atoms with Crippen LogP contribution in [0.5, 0.6) is 0 Å². The first-order chi connectivity index (χ1) is 8.68. The highest BCUT2D eigenvalue weighted by atomic mass is 127. The molecule has 0 radical (unpaired) electrons. The van der Waals surface area contributed by atoms with Crippen LogP contribution in [-0.2, 0) is 9.59 Å². The number of aromatic nitrogens is 1. The summed E-state index contributed by atoms with van der Waals surface area (Å²) in [5, 5.41) is 0. The predicted molar refractivity (Wildman–Crippen MR) is 74.8 cm³/mol. The minimum atomic E-state index is -0.191. The SMILES string of the molecule is O=C1C2CC=CCC2C(=O)N1c1ccc(I)cn1. The fourth-order valence-electron chi connectivity index (χ4n) is 2.53. The van der Waals surface area contributed by atoms with E-state index in [9.17, 15) is 9.59 Å². The number of carbonyl (C=O) groups is 2. The predicted octanol–water partition coefficient (Wildman–Crippen LogP) is 2.14. The molecule has 2 unspecified atom stereocenters. The Bertz CT molecular complexity index is 512. The van der Waals surface area contributed by atoms with Gasteiger partial charge in [0.05, 0.1) is 11.8 Å². The number of hydrogen-bond donors (Lipinski definition) is 0. The van der Waals surface area contributed by atoms with Gasteiger partial charge in [-0.1, -0.05) is 12.2 Å². The summed E-state index contributed by atoms with van der Waals surface area (Å²) >= 11 is 2.14. The Morgan fingerprint density at radius 2 is 1.72 bits per heavy atom. The Balaban J connectivity index is 1.96. The average Bonchev–Trinajstić information content (AvgIpc) is 2.64. The van der Waals surface area contributed by atoms with Gasteiger partial charge in [0.1, 0.15) is 5.82 Å². The zero-order valence-corrected chi connectivity index (χ0v) is 11.7. The van der Waals surface area contributed by atoms with Crippen molar-refractivity contribution in [3.63, 3.8) is 0 Å². The molecule has 18 heavy (non-hydrogen) atoms. The van der Waals surface area contributed by atoms with Crippen LogP contribution in [-0.4, -0.2) is 16.8 Å². The van der Waals surface area contributed by atoms with Crippen LogP contribution in [0.3, 0.4) is 0 Å². The van der Waals surface area contributed by atoms with E-state index in [-0.39, 0.29) is 23.7 Å². The number of halogens is 1. The van der Waals surface area contributed by atoms with Crippen LogP contribution < -0.4 is 4.90 Å². The molecule has 92 valence electrons. The third-order valence-corrected chi connectivity index (χ3v) is 4.09. The highest BCUT2D eigenvalue weighted by Crippen LogP contribution is 2.36. The molecule has 1 aromatic rings. The van der Waals surface area contributed by atoms with Crippen LogP contribution in [0.2, 0.25) is 0 Å². The summed E-state index contributed by atoms with van der Waals surface area (Å²) in [5.41, 5.74) is 0. The van der Waals surface area contributed by atoms with Crippen molar-refractivity contribution in [1.82, 2.24) is 4.98 Å². The molecule has 1 aromatic heterocycles. The minimum absolute atomic E-state index is 0.108. The Labute approximate surface area is 118 Å². The van der Waals surface area contributed by atoms with Crippen LogP contribution in [0.25, 0.3) is 0 Å². The lowest BCUT2D eigenvalue weighted by Crippen LogP contribution is -2.31. The van der Waals surface area contributed by atoms with Crippen molar-refractivity contribution in [2.24, 2.45) is 11.8 Å². The van der Waals surface area contributed by atoms with E-state index in [1.165, 1.54) is 4.90 Å². The van der Waals surface area contributed by atoms with Crippen LogP contribution in [0.4, 0.5) is 5.82 Å². The molecular weight excluding hydrogens is 343 g/mol. The third kappa shape index (κ3) is 1.77. The van der Waals surface area contributed by atoms with E-state index in [0.717, 1.165) is 3.57 Å². The van der Waals surface area contributed by atoms with Crippen molar-refractivity contribution >= 4 is 40.2 Å². The molecule has 1 aliphatic carbocycles. The Morgan fingerprint density at radius 3 is 2.22 bits per heavy atom. The van der Waals surface area contributed by atoms with Crippen molar-refractivity contribution in [1.29, 1.82) is 0 Å². The molecule has 0 spiro atoms. The van der Waals surface area contributed by atoms with Gasteiger partial charge in [-0.25, -0.2) is 9.88 Å². The maximum atomic E-state index is 12.3. The number of nitrogens with zero attached hydrogens (tertiary/aromatic N) is 2. The van der Waals surface area contributed by atoms with Gasteiger partial charge in [0.2, 0.25) is 11.8 Å². The molecule has 1 aliphatic heterocycles. The highest BCUT2D eigenvalue weighted by molar-refractivity contribution is 14.1. The molecule has 2 heterocycles. The van der Waals surface area contributed by atoms with Crippen molar-refractivity contribution in [2.45, 2.75) is 12.8 Å². The lowest BCUT2D eigenvalue weighted by atomic mass is 9.85. The Morgan fingerprint density at radius 1 is 1.11 bits per heavy atom. The Kier molecular flexibility index (Phi) is 2.93. The lowest BCUT2D eigenvalue weighted by Gasteiger charge is -2.14. The van der Waals surface area contributed by atoms with E-state index < -0.39 is 0 Å². The van der Waals surface area contributed by atoms with Gasteiger partial charge in [-0.2, -0.15) is 0 Å². The smallest absolute Gasteiger partial charge is 0.239 e. The minimum Gasteiger partial charge on any atom is -0.274 e. The van der Waals surface area contributed by atoms with Gasteiger partial charge < -0.3 is 0 Å². The third-order valence-electron chi connectivity index (χ3n) is 3.45. The molecule has 2 amide bonds. The summed E-state index contributed by atoms with van der Waals surface area (Å²) in [6.45, 7) is 0. The second-order valence-electron chi connectivity index (χ2n) is 4.50. The summed E-state index contributed by atoms with van der Waals surface area (Å²) in [5.74, 6) is -0.155. The van der Waals surface area contributed by atoms with Gasteiger partial charge in [0.15, 0.2) is 0 Å². The number of amides is 2. The monoisotopic (exact) mass is 354 g/mol. The number of anilines is 1. The van der Waals surface area contributed by atoms with E-state index in [2.05, 4.69) is 27.6 Å². The van der Waals surface area contributed by atoms with Crippen molar-refractivity contribution in [3.05, 3.63) is 34.1 Å². The molecule has 2 atom stereocenters. The number of allylic oxidation sites excluding steroid dienone is 2. The summed E-state index contributed by atoms with van der Waals surface area (Å²) in [6, 6.07) is 3.58. The summed E-state index contributed by atoms with van der Waals surface area (Å²) in [4.78, 5) is 30.0.